The largest absolute Gasteiger partial charge is 0.374 e. The Kier molecular flexibility index (Phi) is 4.51. The first-order valence-electron chi connectivity index (χ1n) is 6.57. The van der Waals surface area contributed by atoms with Crippen molar-refractivity contribution >= 4 is 15.9 Å². The summed E-state index contributed by atoms with van der Waals surface area (Å²) in [5.41, 5.74) is 0. The second-order valence-corrected chi connectivity index (χ2v) is 6.40. The number of hydrogen-bond donors (Lipinski definition) is 0. The van der Waals surface area contributed by atoms with Gasteiger partial charge in [0.25, 0.3) is 0 Å². The smallest absolute Gasteiger partial charge is 0.0703 e. The molecule has 0 aromatic rings. The van der Waals surface area contributed by atoms with Crippen LogP contribution >= 0.6 is 15.9 Å². The van der Waals surface area contributed by atoms with Gasteiger partial charge < -0.3 is 4.74 Å². The molecule has 15 heavy (non-hydrogen) atoms. The number of rotatable bonds is 3. The van der Waals surface area contributed by atoms with Gasteiger partial charge in [0, 0.05) is 4.83 Å². The lowest BCUT2D eigenvalue weighted by molar-refractivity contribution is -0.0341. The molecule has 0 bridgehead atoms. The van der Waals surface area contributed by atoms with Gasteiger partial charge in [-0.1, -0.05) is 35.2 Å². The van der Waals surface area contributed by atoms with Crippen molar-refractivity contribution in [1.29, 1.82) is 0 Å². The van der Waals surface area contributed by atoms with Crippen molar-refractivity contribution in [3.8, 4) is 0 Å². The van der Waals surface area contributed by atoms with Crippen LogP contribution in [-0.2, 0) is 4.74 Å². The number of alkyl halides is 1. The fourth-order valence-electron chi connectivity index (χ4n) is 3.02. The first-order chi connectivity index (χ1) is 7.27. The van der Waals surface area contributed by atoms with Gasteiger partial charge in [-0.05, 0) is 44.9 Å². The second kappa shape index (κ2) is 5.67. The molecule has 3 unspecified atom stereocenters. The number of hydrogen-bond acceptors (Lipinski definition) is 1. The molecule has 2 aliphatic carbocycles. The summed E-state index contributed by atoms with van der Waals surface area (Å²) in [6, 6.07) is 0. The summed E-state index contributed by atoms with van der Waals surface area (Å²) < 4.78 is 6.22. The molecule has 1 nitrogen and oxygen atoms in total. The van der Waals surface area contributed by atoms with E-state index in [0.717, 1.165) is 5.92 Å². The molecule has 2 saturated carbocycles. The average Bonchev–Trinajstić information content (AvgIpc) is 2.66. The molecule has 2 aliphatic rings. The molecular formula is C13H23BrO. The maximum absolute atomic E-state index is 6.22. The first-order valence-corrected chi connectivity index (χ1v) is 7.48. The van der Waals surface area contributed by atoms with Crippen LogP contribution in [0.1, 0.15) is 58.3 Å². The molecule has 0 N–H and O–H groups in total. The minimum absolute atomic E-state index is 0.480. The zero-order valence-corrected chi connectivity index (χ0v) is 11.3. The topological polar surface area (TPSA) is 9.23 Å². The van der Waals surface area contributed by atoms with E-state index in [0.29, 0.717) is 17.0 Å². The third-order valence-electron chi connectivity index (χ3n) is 4.08. The van der Waals surface area contributed by atoms with E-state index in [1.54, 1.807) is 0 Å². The molecule has 0 aromatic heterocycles. The maximum atomic E-state index is 6.22. The molecule has 0 saturated heterocycles. The Morgan fingerprint density at radius 3 is 2.33 bits per heavy atom. The van der Waals surface area contributed by atoms with Crippen LogP contribution in [-0.4, -0.2) is 17.0 Å². The van der Waals surface area contributed by atoms with Crippen LogP contribution in [0, 0.1) is 5.92 Å². The van der Waals surface area contributed by atoms with Gasteiger partial charge in [-0.2, -0.15) is 0 Å². The Morgan fingerprint density at radius 1 is 1.00 bits per heavy atom. The Hall–Kier alpha value is 0.440. The summed E-state index contributed by atoms with van der Waals surface area (Å²) in [5, 5.41) is 0. The molecule has 2 fully saturated rings. The van der Waals surface area contributed by atoms with Crippen molar-refractivity contribution in [2.24, 2.45) is 5.92 Å². The van der Waals surface area contributed by atoms with E-state index in [9.17, 15) is 0 Å². The Labute approximate surface area is 102 Å². The molecular weight excluding hydrogens is 252 g/mol. The van der Waals surface area contributed by atoms with Gasteiger partial charge in [0.2, 0.25) is 0 Å². The van der Waals surface area contributed by atoms with Crippen LogP contribution in [0.3, 0.4) is 0 Å². The average molecular weight is 275 g/mol. The molecule has 0 radical (unpaired) electrons. The van der Waals surface area contributed by atoms with E-state index in [2.05, 4.69) is 22.9 Å². The predicted molar refractivity (Wildman–Crippen MR) is 67.5 cm³/mol. The van der Waals surface area contributed by atoms with Crippen molar-refractivity contribution in [2.75, 3.05) is 0 Å². The molecule has 88 valence electrons. The third-order valence-corrected chi connectivity index (χ3v) is 5.12. The minimum Gasteiger partial charge on any atom is -0.374 e. The van der Waals surface area contributed by atoms with E-state index < -0.39 is 0 Å². The third kappa shape index (κ3) is 3.20. The SMILES string of the molecule is CC(OC1CCCC1Br)C1CCCCC1. The van der Waals surface area contributed by atoms with Crippen molar-refractivity contribution in [2.45, 2.75) is 75.3 Å². The Bertz CT molecular complexity index is 189. The van der Waals surface area contributed by atoms with Crippen molar-refractivity contribution in [1.82, 2.24) is 0 Å². The highest BCUT2D eigenvalue weighted by Gasteiger charge is 2.30. The molecule has 0 spiro atoms. The summed E-state index contributed by atoms with van der Waals surface area (Å²) in [6.07, 6.45) is 11.9. The van der Waals surface area contributed by atoms with Gasteiger partial charge in [0.15, 0.2) is 0 Å². The minimum atomic E-state index is 0.480. The van der Waals surface area contributed by atoms with Gasteiger partial charge in [-0.3, -0.25) is 0 Å². The van der Waals surface area contributed by atoms with Crippen LogP contribution in [0.4, 0.5) is 0 Å². The van der Waals surface area contributed by atoms with E-state index in [-0.39, 0.29) is 0 Å². The normalized spacial score (nSPS) is 35.6. The van der Waals surface area contributed by atoms with Gasteiger partial charge in [-0.15, -0.1) is 0 Å². The van der Waals surface area contributed by atoms with Crippen molar-refractivity contribution in [3.63, 3.8) is 0 Å². The van der Waals surface area contributed by atoms with Gasteiger partial charge in [-0.25, -0.2) is 0 Å². The number of ether oxygens (including phenoxy) is 1. The fraction of sp³-hybridized carbons (Fsp3) is 1.00. The van der Waals surface area contributed by atoms with Gasteiger partial charge in [0.05, 0.1) is 12.2 Å². The van der Waals surface area contributed by atoms with Crippen molar-refractivity contribution < 1.29 is 4.74 Å². The highest BCUT2D eigenvalue weighted by atomic mass is 79.9. The second-order valence-electron chi connectivity index (χ2n) is 5.22. The number of halogens is 1. The summed E-state index contributed by atoms with van der Waals surface area (Å²) in [6.45, 7) is 2.29. The molecule has 0 aromatic carbocycles. The summed E-state index contributed by atoms with van der Waals surface area (Å²) >= 11 is 3.73. The highest BCUT2D eigenvalue weighted by molar-refractivity contribution is 9.09. The maximum Gasteiger partial charge on any atom is 0.0703 e. The van der Waals surface area contributed by atoms with E-state index in [1.807, 2.05) is 0 Å². The van der Waals surface area contributed by atoms with Gasteiger partial charge >= 0.3 is 0 Å². The molecule has 2 rings (SSSR count). The molecule has 2 heteroatoms. The van der Waals surface area contributed by atoms with Crippen LogP contribution in [0.25, 0.3) is 0 Å². The van der Waals surface area contributed by atoms with Crippen molar-refractivity contribution in [3.05, 3.63) is 0 Å². The zero-order valence-electron chi connectivity index (χ0n) is 9.75. The lowest BCUT2D eigenvalue weighted by atomic mass is 9.86. The van der Waals surface area contributed by atoms with E-state index in [4.69, 9.17) is 4.74 Å². The lowest BCUT2D eigenvalue weighted by Crippen LogP contribution is -2.30. The standard InChI is InChI=1S/C13H23BrO/c1-10(11-6-3-2-4-7-11)15-13-9-5-8-12(13)14/h10-13H,2-9H2,1H3. The first kappa shape index (κ1) is 11.9. The van der Waals surface area contributed by atoms with Crippen LogP contribution in [0.15, 0.2) is 0 Å². The van der Waals surface area contributed by atoms with Crippen LogP contribution < -0.4 is 0 Å². The fourth-order valence-corrected chi connectivity index (χ4v) is 3.74. The van der Waals surface area contributed by atoms with Crippen LogP contribution in [0.2, 0.25) is 0 Å². The molecule has 3 atom stereocenters. The summed E-state index contributed by atoms with van der Waals surface area (Å²) in [7, 11) is 0. The Morgan fingerprint density at radius 2 is 1.73 bits per heavy atom. The quantitative estimate of drug-likeness (QED) is 0.698. The molecule has 0 amide bonds. The van der Waals surface area contributed by atoms with E-state index in [1.165, 1.54) is 51.4 Å². The van der Waals surface area contributed by atoms with Crippen LogP contribution in [0.5, 0.6) is 0 Å². The molecule has 0 heterocycles. The predicted octanol–water partition coefficient (Wildman–Crippen LogP) is 4.29. The monoisotopic (exact) mass is 274 g/mol. The highest BCUT2D eigenvalue weighted by Crippen LogP contribution is 2.33. The van der Waals surface area contributed by atoms with Gasteiger partial charge in [0.1, 0.15) is 0 Å². The van der Waals surface area contributed by atoms with E-state index >= 15 is 0 Å². The summed E-state index contributed by atoms with van der Waals surface area (Å²) in [4.78, 5) is 0.614. The molecule has 0 aliphatic heterocycles. The lowest BCUT2D eigenvalue weighted by Gasteiger charge is -2.30. The Balaban J connectivity index is 1.77. The zero-order chi connectivity index (χ0) is 10.7. The summed E-state index contributed by atoms with van der Waals surface area (Å²) in [5.74, 6) is 0.832.